The Hall–Kier alpha value is -2.94. The number of amides is 1. The fourth-order valence-corrected chi connectivity index (χ4v) is 4.46. The Morgan fingerprint density at radius 2 is 1.69 bits per heavy atom. The summed E-state index contributed by atoms with van der Waals surface area (Å²) in [5.74, 6) is 1.05. The molecule has 0 fully saturated rings. The zero-order chi connectivity index (χ0) is 23.0. The van der Waals surface area contributed by atoms with Gasteiger partial charge in [-0.05, 0) is 37.1 Å². The minimum atomic E-state index is -3.50. The molecular formula is C23H31N3O5S. The Balaban J connectivity index is 1.43. The van der Waals surface area contributed by atoms with Crippen LogP contribution in [0.25, 0.3) is 0 Å². The van der Waals surface area contributed by atoms with Crippen molar-refractivity contribution in [2.45, 2.75) is 19.3 Å². The van der Waals surface area contributed by atoms with Crippen LogP contribution in [0.4, 0.5) is 11.4 Å². The highest BCUT2D eigenvalue weighted by molar-refractivity contribution is 7.92. The molecular weight excluding hydrogens is 430 g/mol. The molecule has 2 aromatic carbocycles. The van der Waals surface area contributed by atoms with E-state index in [0.29, 0.717) is 43.4 Å². The number of para-hydroxylation sites is 1. The molecule has 1 N–H and O–H groups in total. The molecule has 0 unspecified atom stereocenters. The topological polar surface area (TPSA) is 88.2 Å². The van der Waals surface area contributed by atoms with Crippen LogP contribution in [0.3, 0.4) is 0 Å². The van der Waals surface area contributed by atoms with E-state index in [1.54, 1.807) is 18.2 Å². The second-order valence-electron chi connectivity index (χ2n) is 7.73. The summed E-state index contributed by atoms with van der Waals surface area (Å²) in [7, 11) is -1.48. The molecule has 0 spiro atoms. The van der Waals surface area contributed by atoms with E-state index in [1.165, 1.54) is 4.31 Å². The van der Waals surface area contributed by atoms with E-state index in [2.05, 4.69) is 10.2 Å². The predicted octanol–water partition coefficient (Wildman–Crippen LogP) is 2.65. The smallest absolute Gasteiger partial charge is 0.232 e. The monoisotopic (exact) mass is 461 g/mol. The van der Waals surface area contributed by atoms with Crippen LogP contribution in [0.15, 0.2) is 48.5 Å². The molecule has 0 radical (unpaired) electrons. The van der Waals surface area contributed by atoms with Gasteiger partial charge < -0.3 is 19.7 Å². The van der Waals surface area contributed by atoms with Gasteiger partial charge in [-0.25, -0.2) is 8.42 Å². The van der Waals surface area contributed by atoms with Crippen LogP contribution < -0.4 is 24.0 Å². The van der Waals surface area contributed by atoms with Crippen LogP contribution in [-0.2, 0) is 14.8 Å². The summed E-state index contributed by atoms with van der Waals surface area (Å²) >= 11 is 0. The van der Waals surface area contributed by atoms with Gasteiger partial charge in [0.1, 0.15) is 13.2 Å². The highest BCUT2D eigenvalue weighted by Crippen LogP contribution is 2.34. The Morgan fingerprint density at radius 1 is 0.969 bits per heavy atom. The van der Waals surface area contributed by atoms with Crippen LogP contribution in [0.5, 0.6) is 11.5 Å². The summed E-state index contributed by atoms with van der Waals surface area (Å²) in [4.78, 5) is 14.3. The van der Waals surface area contributed by atoms with Crippen LogP contribution in [0.1, 0.15) is 19.3 Å². The maximum atomic E-state index is 12.3. The van der Waals surface area contributed by atoms with E-state index in [0.717, 1.165) is 24.9 Å². The predicted molar refractivity (Wildman–Crippen MR) is 126 cm³/mol. The van der Waals surface area contributed by atoms with Crippen molar-refractivity contribution in [3.05, 3.63) is 48.5 Å². The van der Waals surface area contributed by atoms with Crippen LogP contribution >= 0.6 is 0 Å². The van der Waals surface area contributed by atoms with Crippen LogP contribution in [0.2, 0.25) is 0 Å². The molecule has 1 heterocycles. The average molecular weight is 462 g/mol. The maximum absolute atomic E-state index is 12.3. The van der Waals surface area contributed by atoms with Crippen molar-refractivity contribution >= 4 is 27.3 Å². The second kappa shape index (κ2) is 11.1. The van der Waals surface area contributed by atoms with Crippen molar-refractivity contribution in [3.8, 4) is 11.5 Å². The van der Waals surface area contributed by atoms with Crippen molar-refractivity contribution in [3.63, 3.8) is 0 Å². The summed E-state index contributed by atoms with van der Waals surface area (Å²) in [5, 5.41) is 2.91. The maximum Gasteiger partial charge on any atom is 0.232 e. The number of sulfonamides is 1. The van der Waals surface area contributed by atoms with Crippen LogP contribution in [-0.4, -0.2) is 60.5 Å². The molecule has 1 aliphatic heterocycles. The lowest BCUT2D eigenvalue weighted by Gasteiger charge is -2.25. The first-order valence-electron chi connectivity index (χ1n) is 10.7. The number of hydrogen-bond donors (Lipinski definition) is 1. The summed E-state index contributed by atoms with van der Waals surface area (Å²) < 4.78 is 37.0. The zero-order valence-corrected chi connectivity index (χ0v) is 19.4. The van der Waals surface area contributed by atoms with E-state index in [-0.39, 0.29) is 18.9 Å². The number of ether oxygens (including phenoxy) is 2. The third kappa shape index (κ3) is 6.78. The highest BCUT2D eigenvalue weighted by atomic mass is 32.2. The first-order valence-corrected chi connectivity index (χ1v) is 12.6. The molecule has 0 aliphatic carbocycles. The van der Waals surface area contributed by atoms with Gasteiger partial charge in [0, 0.05) is 44.9 Å². The Bertz CT molecular complexity index is 998. The third-order valence-electron chi connectivity index (χ3n) is 5.17. The molecule has 8 nitrogen and oxygen atoms in total. The van der Waals surface area contributed by atoms with Crippen molar-refractivity contribution in [2.75, 3.05) is 55.4 Å². The molecule has 2 aromatic rings. The summed E-state index contributed by atoms with van der Waals surface area (Å²) in [5.41, 5.74) is 1.64. The molecule has 3 rings (SSSR count). The van der Waals surface area contributed by atoms with Gasteiger partial charge in [-0.15, -0.1) is 0 Å². The van der Waals surface area contributed by atoms with Gasteiger partial charge in [-0.2, -0.15) is 0 Å². The molecule has 1 aliphatic rings. The molecule has 32 heavy (non-hydrogen) atoms. The Kier molecular flexibility index (Phi) is 8.21. The number of rotatable bonds is 11. The first kappa shape index (κ1) is 23.7. The minimum absolute atomic E-state index is 0.0806. The number of anilines is 2. The number of fused-ring (bicyclic) bond motifs is 1. The SMILES string of the molecule is CN(CCCNC(=O)CCCN(c1ccc2c(c1)OCCO2)S(C)(=O)=O)c1ccccc1. The van der Waals surface area contributed by atoms with Crippen molar-refractivity contribution in [1.29, 1.82) is 0 Å². The van der Waals surface area contributed by atoms with Gasteiger partial charge >= 0.3 is 0 Å². The molecule has 0 atom stereocenters. The number of carbonyl (C=O) groups is 1. The molecule has 0 aromatic heterocycles. The normalized spacial score (nSPS) is 12.8. The fraction of sp³-hybridized carbons (Fsp3) is 0.435. The fourth-order valence-electron chi connectivity index (χ4n) is 3.50. The Morgan fingerprint density at radius 3 is 2.41 bits per heavy atom. The average Bonchev–Trinajstić information content (AvgIpc) is 2.79. The molecule has 0 bridgehead atoms. The van der Waals surface area contributed by atoms with Gasteiger partial charge in [-0.3, -0.25) is 9.10 Å². The zero-order valence-electron chi connectivity index (χ0n) is 18.6. The van der Waals surface area contributed by atoms with Gasteiger partial charge in [-0.1, -0.05) is 18.2 Å². The number of nitrogens with one attached hydrogen (secondary N) is 1. The lowest BCUT2D eigenvalue weighted by atomic mass is 10.2. The van der Waals surface area contributed by atoms with Gasteiger partial charge in [0.2, 0.25) is 15.9 Å². The number of nitrogens with zero attached hydrogens (tertiary/aromatic N) is 2. The van der Waals surface area contributed by atoms with E-state index in [9.17, 15) is 13.2 Å². The van der Waals surface area contributed by atoms with E-state index >= 15 is 0 Å². The van der Waals surface area contributed by atoms with E-state index in [4.69, 9.17) is 9.47 Å². The molecule has 0 saturated heterocycles. The summed E-state index contributed by atoms with van der Waals surface area (Å²) in [6.45, 7) is 2.52. The van der Waals surface area contributed by atoms with E-state index in [1.807, 2.05) is 37.4 Å². The Labute approximate surface area is 190 Å². The van der Waals surface area contributed by atoms with E-state index < -0.39 is 10.0 Å². The molecule has 0 saturated carbocycles. The van der Waals surface area contributed by atoms with Gasteiger partial charge in [0.15, 0.2) is 11.5 Å². The van der Waals surface area contributed by atoms with Gasteiger partial charge in [0.25, 0.3) is 0 Å². The minimum Gasteiger partial charge on any atom is -0.486 e. The van der Waals surface area contributed by atoms with Crippen molar-refractivity contribution in [2.24, 2.45) is 0 Å². The second-order valence-corrected chi connectivity index (χ2v) is 9.63. The number of hydrogen-bond acceptors (Lipinski definition) is 6. The highest BCUT2D eigenvalue weighted by Gasteiger charge is 2.21. The van der Waals surface area contributed by atoms with Crippen molar-refractivity contribution < 1.29 is 22.7 Å². The van der Waals surface area contributed by atoms with Crippen LogP contribution in [0, 0.1) is 0 Å². The standard InChI is InChI=1S/C23H31N3O5S/c1-25(19-8-4-3-5-9-19)14-7-13-24-23(27)10-6-15-26(32(2,28)29)20-11-12-21-22(18-20)31-17-16-30-21/h3-5,8-9,11-12,18H,6-7,10,13-17H2,1-2H3,(H,24,27). The lowest BCUT2D eigenvalue weighted by Crippen LogP contribution is -2.32. The molecule has 1 amide bonds. The third-order valence-corrected chi connectivity index (χ3v) is 6.36. The lowest BCUT2D eigenvalue weighted by molar-refractivity contribution is -0.121. The molecule has 9 heteroatoms. The number of carbonyl (C=O) groups excluding carboxylic acids is 1. The summed E-state index contributed by atoms with van der Waals surface area (Å²) in [6, 6.07) is 15.1. The molecule has 174 valence electrons. The quantitative estimate of drug-likeness (QED) is 0.518. The largest absolute Gasteiger partial charge is 0.486 e. The van der Waals surface area contributed by atoms with Gasteiger partial charge in [0.05, 0.1) is 11.9 Å². The van der Waals surface area contributed by atoms with Crippen molar-refractivity contribution in [1.82, 2.24) is 5.32 Å². The summed E-state index contributed by atoms with van der Waals surface area (Å²) in [6.07, 6.45) is 2.65. The number of benzene rings is 2. The first-order chi connectivity index (χ1) is 15.3.